The Bertz CT molecular complexity index is 523. The molecule has 0 amide bonds. The van der Waals surface area contributed by atoms with Crippen LogP contribution in [0.4, 0.5) is 18.9 Å². The number of fused-ring (bicyclic) bond motifs is 1. The van der Waals surface area contributed by atoms with Gasteiger partial charge < -0.3 is 5.32 Å². The largest absolute Gasteiger partial charge is 0.454 e. The quantitative estimate of drug-likeness (QED) is 0.832. The van der Waals surface area contributed by atoms with E-state index in [9.17, 15) is 18.0 Å². The van der Waals surface area contributed by atoms with Crippen molar-refractivity contribution < 1.29 is 18.0 Å². The van der Waals surface area contributed by atoms with Crippen molar-refractivity contribution >= 4 is 23.2 Å². The normalized spacial score (nSPS) is 16.6. The van der Waals surface area contributed by atoms with Crippen LogP contribution in [-0.2, 0) is 11.2 Å². The lowest BCUT2D eigenvalue weighted by molar-refractivity contribution is -0.165. The summed E-state index contributed by atoms with van der Waals surface area (Å²) in [5.41, 5.74) is 1.84. The van der Waals surface area contributed by atoms with E-state index in [2.05, 4.69) is 5.32 Å². The average Bonchev–Trinajstić information content (AvgIpc) is 2.68. The van der Waals surface area contributed by atoms with Gasteiger partial charge in [0.1, 0.15) is 0 Å². The van der Waals surface area contributed by atoms with Gasteiger partial charge in [-0.2, -0.15) is 13.2 Å². The van der Waals surface area contributed by atoms with Crippen LogP contribution in [0, 0.1) is 0 Å². The van der Waals surface area contributed by atoms with Gasteiger partial charge in [0, 0.05) is 11.0 Å². The molecule has 0 fully saturated rings. The number of nitrogens with one attached hydrogen (secondary N) is 1. The Labute approximate surface area is 106 Å². The number of halogens is 3. The molecule has 1 heterocycles. The van der Waals surface area contributed by atoms with Crippen LogP contribution in [0.1, 0.15) is 12.5 Å². The predicted octanol–water partition coefficient (Wildman–Crippen LogP) is 3.74. The summed E-state index contributed by atoms with van der Waals surface area (Å²) in [6.07, 6.45) is -3.37. The Kier molecular flexibility index (Phi) is 3.38. The number of benzene rings is 1. The van der Waals surface area contributed by atoms with Crippen molar-refractivity contribution in [2.24, 2.45) is 0 Å². The topological polar surface area (TPSA) is 29.1 Å². The monoisotopic (exact) mass is 273 g/mol. The SMILES string of the molecule is CCc1ccc2c(c1)S/C(=C/C(=O)C(F)(F)F)N2. The van der Waals surface area contributed by atoms with E-state index in [1.165, 1.54) is 0 Å². The number of hydrogen-bond acceptors (Lipinski definition) is 3. The Morgan fingerprint density at radius 2 is 2.17 bits per heavy atom. The highest BCUT2D eigenvalue weighted by Gasteiger charge is 2.37. The lowest BCUT2D eigenvalue weighted by atomic mass is 10.1. The predicted molar refractivity (Wildman–Crippen MR) is 64.4 cm³/mol. The molecule has 0 spiro atoms. The molecule has 1 aromatic rings. The maximum atomic E-state index is 12.1. The zero-order valence-electron chi connectivity index (χ0n) is 9.47. The minimum absolute atomic E-state index is 0.209. The average molecular weight is 273 g/mol. The maximum absolute atomic E-state index is 12.1. The van der Waals surface area contributed by atoms with Gasteiger partial charge in [0.2, 0.25) is 0 Å². The number of rotatable bonds is 2. The molecular formula is C12H10F3NOS. The first-order valence-corrected chi connectivity index (χ1v) is 6.12. The summed E-state index contributed by atoms with van der Waals surface area (Å²) in [5, 5.41) is 3.00. The second-order valence-electron chi connectivity index (χ2n) is 3.78. The highest BCUT2D eigenvalue weighted by atomic mass is 32.2. The van der Waals surface area contributed by atoms with E-state index < -0.39 is 12.0 Å². The number of carbonyl (C=O) groups is 1. The Morgan fingerprint density at radius 1 is 1.44 bits per heavy atom. The van der Waals surface area contributed by atoms with Crippen LogP contribution in [0.15, 0.2) is 34.2 Å². The third-order valence-corrected chi connectivity index (χ3v) is 3.47. The molecule has 0 aliphatic carbocycles. The summed E-state index contributed by atoms with van der Waals surface area (Å²) in [6, 6.07) is 5.62. The van der Waals surface area contributed by atoms with Gasteiger partial charge in [-0.1, -0.05) is 24.8 Å². The lowest BCUT2D eigenvalue weighted by Gasteiger charge is -2.01. The Hall–Kier alpha value is -1.43. The molecule has 0 bridgehead atoms. The molecule has 1 aliphatic heterocycles. The number of hydrogen-bond donors (Lipinski definition) is 1. The van der Waals surface area contributed by atoms with Gasteiger partial charge in [0.15, 0.2) is 0 Å². The lowest BCUT2D eigenvalue weighted by Crippen LogP contribution is -2.20. The molecule has 2 rings (SSSR count). The van der Waals surface area contributed by atoms with E-state index in [-0.39, 0.29) is 5.03 Å². The molecule has 0 radical (unpaired) electrons. The zero-order chi connectivity index (χ0) is 13.3. The van der Waals surface area contributed by atoms with Crippen LogP contribution in [0.3, 0.4) is 0 Å². The highest BCUT2D eigenvalue weighted by Crippen LogP contribution is 2.41. The van der Waals surface area contributed by atoms with Crippen molar-refractivity contribution in [1.29, 1.82) is 0 Å². The van der Waals surface area contributed by atoms with Gasteiger partial charge >= 0.3 is 6.18 Å². The van der Waals surface area contributed by atoms with E-state index in [0.717, 1.165) is 34.3 Å². The van der Waals surface area contributed by atoms with Gasteiger partial charge in [0.05, 0.1) is 10.7 Å². The first kappa shape index (κ1) is 13.0. The fourth-order valence-electron chi connectivity index (χ4n) is 1.52. The van der Waals surface area contributed by atoms with Gasteiger partial charge in [-0.05, 0) is 24.1 Å². The number of ketones is 1. The molecule has 1 aliphatic rings. The third-order valence-electron chi connectivity index (χ3n) is 2.47. The molecule has 0 saturated carbocycles. The molecule has 2 nitrogen and oxygen atoms in total. The van der Waals surface area contributed by atoms with Gasteiger partial charge in [0.25, 0.3) is 5.78 Å². The molecule has 6 heteroatoms. The molecule has 0 atom stereocenters. The fraction of sp³-hybridized carbons (Fsp3) is 0.250. The summed E-state index contributed by atoms with van der Waals surface area (Å²) in [5.74, 6) is -1.85. The van der Waals surface area contributed by atoms with E-state index in [1.807, 2.05) is 19.1 Å². The molecule has 96 valence electrons. The minimum atomic E-state index is -4.82. The number of allylic oxidation sites excluding steroid dienone is 1. The van der Waals surface area contributed by atoms with Crippen LogP contribution in [0.2, 0.25) is 0 Å². The standard InChI is InChI=1S/C12H10F3NOS/c1-2-7-3-4-8-9(5-7)18-11(16-8)6-10(17)12(13,14)15/h3-6,16H,2H2,1H3/b11-6+. The first-order valence-electron chi connectivity index (χ1n) is 5.31. The summed E-state index contributed by atoms with van der Waals surface area (Å²) < 4.78 is 36.4. The van der Waals surface area contributed by atoms with Gasteiger partial charge in [-0.25, -0.2) is 0 Å². The first-order chi connectivity index (χ1) is 8.40. The summed E-state index contributed by atoms with van der Waals surface area (Å²) in [7, 11) is 0. The van der Waals surface area contributed by atoms with Crippen LogP contribution < -0.4 is 5.32 Å². The van der Waals surface area contributed by atoms with Crippen molar-refractivity contribution in [3.63, 3.8) is 0 Å². The Balaban J connectivity index is 2.20. The number of alkyl halides is 3. The van der Waals surface area contributed by atoms with Crippen LogP contribution in [0.25, 0.3) is 0 Å². The van der Waals surface area contributed by atoms with Crippen molar-refractivity contribution in [2.75, 3.05) is 5.32 Å². The number of aryl methyl sites for hydroxylation is 1. The number of carbonyl (C=O) groups excluding carboxylic acids is 1. The van der Waals surface area contributed by atoms with E-state index >= 15 is 0 Å². The third kappa shape index (κ3) is 2.69. The second kappa shape index (κ2) is 4.68. The minimum Gasteiger partial charge on any atom is -0.349 e. The summed E-state index contributed by atoms with van der Waals surface area (Å²) in [6.45, 7) is 2.00. The van der Waals surface area contributed by atoms with Gasteiger partial charge in [-0.3, -0.25) is 4.79 Å². The zero-order valence-corrected chi connectivity index (χ0v) is 10.3. The highest BCUT2D eigenvalue weighted by molar-refractivity contribution is 8.03. The van der Waals surface area contributed by atoms with E-state index in [0.29, 0.717) is 6.08 Å². The Morgan fingerprint density at radius 3 is 2.78 bits per heavy atom. The van der Waals surface area contributed by atoms with Crippen molar-refractivity contribution in [1.82, 2.24) is 0 Å². The smallest absolute Gasteiger partial charge is 0.349 e. The summed E-state index contributed by atoms with van der Waals surface area (Å²) >= 11 is 1.14. The van der Waals surface area contributed by atoms with Gasteiger partial charge in [-0.15, -0.1) is 0 Å². The van der Waals surface area contributed by atoms with Crippen molar-refractivity contribution in [2.45, 2.75) is 24.4 Å². The summed E-state index contributed by atoms with van der Waals surface area (Å²) in [4.78, 5) is 11.7. The van der Waals surface area contributed by atoms with Crippen LogP contribution >= 0.6 is 11.8 Å². The number of thioether (sulfide) groups is 1. The van der Waals surface area contributed by atoms with Crippen LogP contribution in [-0.4, -0.2) is 12.0 Å². The molecule has 0 unspecified atom stereocenters. The van der Waals surface area contributed by atoms with Crippen molar-refractivity contribution in [3.8, 4) is 0 Å². The maximum Gasteiger partial charge on any atom is 0.454 e. The number of anilines is 1. The molecule has 0 aromatic heterocycles. The molecule has 1 aromatic carbocycles. The van der Waals surface area contributed by atoms with E-state index in [4.69, 9.17) is 0 Å². The second-order valence-corrected chi connectivity index (χ2v) is 4.87. The van der Waals surface area contributed by atoms with E-state index in [1.54, 1.807) is 6.07 Å². The molecule has 18 heavy (non-hydrogen) atoms. The van der Waals surface area contributed by atoms with Crippen molar-refractivity contribution in [3.05, 3.63) is 34.9 Å². The van der Waals surface area contributed by atoms with Crippen LogP contribution in [0.5, 0.6) is 0 Å². The molecular weight excluding hydrogens is 263 g/mol. The molecule has 1 N–H and O–H groups in total. The molecule has 0 saturated heterocycles. The fourth-order valence-corrected chi connectivity index (χ4v) is 2.52.